The highest BCUT2D eigenvalue weighted by molar-refractivity contribution is 6.00. The van der Waals surface area contributed by atoms with Crippen LogP contribution in [0.25, 0.3) is 11.0 Å². The van der Waals surface area contributed by atoms with Crippen molar-refractivity contribution in [1.29, 1.82) is 0 Å². The number of nitrogens with zero attached hydrogens (tertiary/aromatic N) is 2. The molecule has 0 saturated heterocycles. The monoisotopic (exact) mass is 396 g/mol. The van der Waals surface area contributed by atoms with E-state index in [9.17, 15) is 14.7 Å². The number of carbonyl (C=O) groups is 2. The maximum atomic E-state index is 12.5. The van der Waals surface area contributed by atoms with Crippen molar-refractivity contribution in [3.05, 3.63) is 58.9 Å². The van der Waals surface area contributed by atoms with Gasteiger partial charge in [0.2, 0.25) is 0 Å². The summed E-state index contributed by atoms with van der Waals surface area (Å²) in [6.07, 6.45) is 0.354. The molecule has 0 aliphatic carbocycles. The predicted molar refractivity (Wildman–Crippen MR) is 108 cm³/mol. The minimum atomic E-state index is -0.576. The van der Waals surface area contributed by atoms with Gasteiger partial charge in [-0.1, -0.05) is 30.3 Å². The third kappa shape index (κ3) is 4.14. The normalized spacial score (nSPS) is 11.0. The summed E-state index contributed by atoms with van der Waals surface area (Å²) in [5, 5.41) is 11.0. The first-order valence-corrected chi connectivity index (χ1v) is 9.35. The molecule has 0 atom stereocenters. The second kappa shape index (κ2) is 8.87. The van der Waals surface area contributed by atoms with E-state index < -0.39 is 5.97 Å². The summed E-state index contributed by atoms with van der Waals surface area (Å²) in [5.74, 6) is -0.000388. The van der Waals surface area contributed by atoms with Crippen molar-refractivity contribution in [2.24, 2.45) is 0 Å². The zero-order chi connectivity index (χ0) is 21.0. The van der Waals surface area contributed by atoms with Crippen molar-refractivity contribution >= 4 is 22.8 Å². The van der Waals surface area contributed by atoms with Crippen LogP contribution in [0.15, 0.2) is 36.4 Å². The largest absolute Gasteiger partial charge is 0.505 e. The molecule has 3 rings (SSSR count). The molecule has 2 aromatic carbocycles. The van der Waals surface area contributed by atoms with E-state index in [0.717, 1.165) is 0 Å². The smallest absolute Gasteiger partial charge is 0.338 e. The molecular weight excluding hydrogens is 372 g/mol. The predicted octanol–water partition coefficient (Wildman–Crippen LogP) is 3.30. The number of ketones is 1. The Balaban J connectivity index is 2.04. The van der Waals surface area contributed by atoms with Gasteiger partial charge < -0.3 is 19.1 Å². The highest BCUT2D eigenvalue weighted by atomic mass is 16.5. The van der Waals surface area contributed by atoms with Crippen molar-refractivity contribution < 1.29 is 24.2 Å². The lowest BCUT2D eigenvalue weighted by Crippen LogP contribution is -2.10. The summed E-state index contributed by atoms with van der Waals surface area (Å²) >= 11 is 0. The van der Waals surface area contributed by atoms with Crippen molar-refractivity contribution in [3.63, 3.8) is 0 Å². The van der Waals surface area contributed by atoms with Crippen LogP contribution in [0.5, 0.6) is 5.75 Å². The van der Waals surface area contributed by atoms with Gasteiger partial charge in [-0.05, 0) is 19.4 Å². The first-order chi connectivity index (χ1) is 14.0. The lowest BCUT2D eigenvalue weighted by atomic mass is 9.97. The van der Waals surface area contributed by atoms with Gasteiger partial charge in [-0.25, -0.2) is 9.78 Å². The van der Waals surface area contributed by atoms with E-state index >= 15 is 0 Å². The molecule has 1 N–H and O–H groups in total. The van der Waals surface area contributed by atoms with E-state index in [2.05, 4.69) is 4.98 Å². The first kappa shape index (κ1) is 20.5. The van der Waals surface area contributed by atoms with Gasteiger partial charge in [0, 0.05) is 31.2 Å². The Bertz CT molecular complexity index is 1040. The fourth-order valence-corrected chi connectivity index (χ4v) is 3.44. The number of hydrogen-bond donors (Lipinski definition) is 1. The van der Waals surface area contributed by atoms with Gasteiger partial charge in [0.15, 0.2) is 5.78 Å². The SMILES string of the molecule is COCCn1c(C)nc2cc(C(=O)OC)c(CCC(=O)c3ccccc3)c(O)c21. The molecule has 0 bridgehead atoms. The zero-order valence-electron chi connectivity index (χ0n) is 16.8. The molecule has 7 heteroatoms. The molecule has 1 heterocycles. The van der Waals surface area contributed by atoms with E-state index in [4.69, 9.17) is 9.47 Å². The molecule has 1 aromatic heterocycles. The van der Waals surface area contributed by atoms with Crippen LogP contribution in [0.2, 0.25) is 0 Å². The summed E-state index contributed by atoms with van der Waals surface area (Å²) in [6, 6.07) is 10.5. The van der Waals surface area contributed by atoms with E-state index in [1.54, 1.807) is 37.4 Å². The maximum absolute atomic E-state index is 12.5. The minimum absolute atomic E-state index is 0.0551. The van der Waals surface area contributed by atoms with Crippen LogP contribution in [0.4, 0.5) is 0 Å². The van der Waals surface area contributed by atoms with Gasteiger partial charge in [0.05, 0.1) is 24.8 Å². The highest BCUT2D eigenvalue weighted by Crippen LogP contribution is 2.34. The third-order valence-corrected chi connectivity index (χ3v) is 4.92. The Morgan fingerprint density at radius 2 is 1.90 bits per heavy atom. The van der Waals surface area contributed by atoms with Crippen LogP contribution in [0.3, 0.4) is 0 Å². The number of carbonyl (C=O) groups excluding carboxylic acids is 2. The Morgan fingerprint density at radius 1 is 1.17 bits per heavy atom. The van der Waals surface area contributed by atoms with Gasteiger partial charge >= 0.3 is 5.97 Å². The van der Waals surface area contributed by atoms with Gasteiger partial charge in [0.25, 0.3) is 0 Å². The van der Waals surface area contributed by atoms with Crippen LogP contribution < -0.4 is 0 Å². The number of ether oxygens (including phenoxy) is 2. The Kier molecular flexibility index (Phi) is 6.29. The molecule has 0 radical (unpaired) electrons. The Labute approximate surface area is 168 Å². The summed E-state index contributed by atoms with van der Waals surface area (Å²) in [4.78, 5) is 29.3. The number of hydrogen-bond acceptors (Lipinski definition) is 6. The number of Topliss-reactive ketones (excluding diaryl/α,β-unsaturated/α-hetero) is 1. The van der Waals surface area contributed by atoms with Crippen LogP contribution in [-0.2, 0) is 22.4 Å². The number of methoxy groups -OCH3 is 2. The Hall–Kier alpha value is -3.19. The quantitative estimate of drug-likeness (QED) is 0.464. The highest BCUT2D eigenvalue weighted by Gasteiger charge is 2.23. The number of aryl methyl sites for hydroxylation is 1. The molecule has 3 aromatic rings. The van der Waals surface area contributed by atoms with Crippen LogP contribution >= 0.6 is 0 Å². The second-order valence-corrected chi connectivity index (χ2v) is 6.70. The lowest BCUT2D eigenvalue weighted by molar-refractivity contribution is 0.0598. The number of rotatable bonds is 8. The number of esters is 1. The van der Waals surface area contributed by atoms with E-state index in [1.807, 2.05) is 17.6 Å². The number of imidazole rings is 1. The van der Waals surface area contributed by atoms with Gasteiger partial charge in [-0.2, -0.15) is 0 Å². The fraction of sp³-hybridized carbons (Fsp3) is 0.318. The van der Waals surface area contributed by atoms with Crippen molar-refractivity contribution in [3.8, 4) is 5.75 Å². The van der Waals surface area contributed by atoms with Crippen molar-refractivity contribution in [2.45, 2.75) is 26.3 Å². The van der Waals surface area contributed by atoms with Crippen LogP contribution in [-0.4, -0.2) is 47.2 Å². The molecule has 7 nitrogen and oxygen atoms in total. The summed E-state index contributed by atoms with van der Waals surface area (Å²) < 4.78 is 11.9. The lowest BCUT2D eigenvalue weighted by Gasteiger charge is -2.13. The summed E-state index contributed by atoms with van der Waals surface area (Å²) in [5.41, 5.74) is 2.21. The molecule has 0 unspecified atom stereocenters. The third-order valence-electron chi connectivity index (χ3n) is 4.92. The first-order valence-electron chi connectivity index (χ1n) is 9.35. The molecule has 0 amide bonds. The van der Waals surface area contributed by atoms with E-state index in [-0.39, 0.29) is 29.9 Å². The number of phenolic OH excluding ortho intramolecular Hbond substituents is 1. The molecule has 0 aliphatic heterocycles. The number of fused-ring (bicyclic) bond motifs is 1. The van der Waals surface area contributed by atoms with Crippen LogP contribution in [0.1, 0.15) is 38.5 Å². The molecule has 152 valence electrons. The van der Waals surface area contributed by atoms with Crippen molar-refractivity contribution in [2.75, 3.05) is 20.8 Å². The molecular formula is C22H24N2O5. The minimum Gasteiger partial charge on any atom is -0.505 e. The van der Waals surface area contributed by atoms with Gasteiger partial charge in [-0.15, -0.1) is 0 Å². The average Bonchev–Trinajstić information content (AvgIpc) is 3.06. The number of aromatic hydroxyl groups is 1. The molecule has 0 fully saturated rings. The summed E-state index contributed by atoms with van der Waals surface area (Å²) in [6.45, 7) is 2.78. The fourth-order valence-electron chi connectivity index (χ4n) is 3.44. The standard InChI is InChI=1S/C22H24N2O5/c1-14-23-18-13-17(22(27)29-3)16(21(26)20(18)24(14)11-12-28-2)9-10-19(25)15-7-5-4-6-8-15/h4-8,13,26H,9-12H2,1-3H3. The van der Waals surface area contributed by atoms with Gasteiger partial charge in [-0.3, -0.25) is 4.79 Å². The Morgan fingerprint density at radius 3 is 2.55 bits per heavy atom. The van der Waals surface area contributed by atoms with Crippen LogP contribution in [0, 0.1) is 6.92 Å². The molecule has 0 aliphatic rings. The van der Waals surface area contributed by atoms with E-state index in [1.165, 1.54) is 7.11 Å². The zero-order valence-corrected chi connectivity index (χ0v) is 16.8. The van der Waals surface area contributed by atoms with E-state index in [0.29, 0.717) is 41.1 Å². The summed E-state index contributed by atoms with van der Waals surface area (Å²) in [7, 11) is 2.88. The molecule has 0 spiro atoms. The maximum Gasteiger partial charge on any atom is 0.338 e. The number of aromatic nitrogens is 2. The number of phenols is 1. The second-order valence-electron chi connectivity index (χ2n) is 6.70. The topological polar surface area (TPSA) is 90.7 Å². The number of benzene rings is 2. The van der Waals surface area contributed by atoms with Crippen molar-refractivity contribution in [1.82, 2.24) is 9.55 Å². The molecule has 0 saturated carbocycles. The molecule has 29 heavy (non-hydrogen) atoms. The average molecular weight is 396 g/mol. The van der Waals surface area contributed by atoms with Gasteiger partial charge in [0.1, 0.15) is 17.1 Å².